The monoisotopic (exact) mass is 454 g/mol. The smallest absolute Gasteiger partial charge is 0.261 e. The van der Waals surface area contributed by atoms with Crippen LogP contribution in [0.1, 0.15) is 21.5 Å². The minimum Gasteiger partial charge on any atom is -0.290 e. The zero-order chi connectivity index (χ0) is 21.3. The number of carbonyl (C=O) groups excluding carboxylic acids is 1. The molecule has 0 aliphatic rings. The van der Waals surface area contributed by atoms with E-state index in [9.17, 15) is 9.59 Å². The van der Waals surface area contributed by atoms with Gasteiger partial charge in [-0.15, -0.1) is 0 Å². The number of hydrogen-bond donors (Lipinski definition) is 0. The molecule has 150 valence electrons. The zero-order valence-electron chi connectivity index (χ0n) is 15.9. The number of hydrogen-bond acceptors (Lipinski definition) is 4. The van der Waals surface area contributed by atoms with Crippen LogP contribution in [0, 0.1) is 0 Å². The molecule has 0 bridgehead atoms. The summed E-state index contributed by atoms with van der Waals surface area (Å²) in [4.78, 5) is 29.8. The van der Waals surface area contributed by atoms with E-state index in [4.69, 9.17) is 23.2 Å². The number of para-hydroxylation sites is 1. The summed E-state index contributed by atoms with van der Waals surface area (Å²) in [7, 11) is 1.72. The summed E-state index contributed by atoms with van der Waals surface area (Å²) in [5, 5.41) is 2.07. The van der Waals surface area contributed by atoms with E-state index in [0.29, 0.717) is 43.0 Å². The lowest BCUT2D eigenvalue weighted by Crippen LogP contribution is -2.19. The van der Waals surface area contributed by atoms with Gasteiger partial charge in [0.05, 0.1) is 15.9 Å². The minimum atomic E-state index is -0.158. The Bertz CT molecular complexity index is 1320. The van der Waals surface area contributed by atoms with E-state index in [2.05, 4.69) is 4.98 Å². The first-order valence-electron chi connectivity index (χ1n) is 9.11. The fourth-order valence-electron chi connectivity index (χ4n) is 3.06. The van der Waals surface area contributed by atoms with Crippen LogP contribution in [0.15, 0.2) is 76.7 Å². The number of fused-ring (bicyclic) bond motifs is 1. The quantitative estimate of drug-likeness (QED) is 0.218. The molecule has 3 aromatic carbocycles. The molecule has 0 N–H and O–H groups in total. The van der Waals surface area contributed by atoms with Crippen molar-refractivity contribution < 1.29 is 4.79 Å². The molecular weight excluding hydrogens is 439 g/mol. The fourth-order valence-corrected chi connectivity index (χ4v) is 4.48. The van der Waals surface area contributed by atoms with E-state index < -0.39 is 0 Å². The van der Waals surface area contributed by atoms with Crippen molar-refractivity contribution in [3.63, 3.8) is 0 Å². The lowest BCUT2D eigenvalue weighted by molar-refractivity contribution is 0.103. The number of benzene rings is 3. The fraction of sp³-hybridized carbons (Fsp3) is 0.0870. The van der Waals surface area contributed by atoms with Crippen molar-refractivity contribution in [2.24, 2.45) is 7.05 Å². The van der Waals surface area contributed by atoms with Crippen LogP contribution in [-0.2, 0) is 12.8 Å². The Morgan fingerprint density at radius 2 is 1.77 bits per heavy atom. The van der Waals surface area contributed by atoms with Gasteiger partial charge in [0.2, 0.25) is 0 Å². The maximum Gasteiger partial charge on any atom is 0.261 e. The highest BCUT2D eigenvalue weighted by Crippen LogP contribution is 2.25. The van der Waals surface area contributed by atoms with Crippen molar-refractivity contribution in [2.45, 2.75) is 10.9 Å². The summed E-state index contributed by atoms with van der Waals surface area (Å²) in [6.45, 7) is 0. The second-order valence-corrected chi connectivity index (χ2v) is 8.50. The van der Waals surface area contributed by atoms with E-state index in [0.717, 1.165) is 5.56 Å². The molecule has 0 fully saturated rings. The Morgan fingerprint density at radius 1 is 1.03 bits per heavy atom. The van der Waals surface area contributed by atoms with Gasteiger partial charge in [-0.2, -0.15) is 0 Å². The van der Waals surface area contributed by atoms with Gasteiger partial charge in [-0.1, -0.05) is 71.4 Å². The number of thioether (sulfide) groups is 1. The molecule has 0 saturated heterocycles. The second kappa shape index (κ2) is 8.64. The molecule has 0 amide bonds. The van der Waals surface area contributed by atoms with E-state index in [1.54, 1.807) is 48.0 Å². The van der Waals surface area contributed by atoms with Crippen LogP contribution in [0.25, 0.3) is 10.9 Å². The third-order valence-electron chi connectivity index (χ3n) is 4.70. The predicted molar refractivity (Wildman–Crippen MR) is 123 cm³/mol. The van der Waals surface area contributed by atoms with Crippen LogP contribution in [0.4, 0.5) is 0 Å². The number of halogens is 2. The molecule has 30 heavy (non-hydrogen) atoms. The maximum absolute atomic E-state index is 12.7. The number of rotatable bonds is 5. The van der Waals surface area contributed by atoms with Crippen molar-refractivity contribution in [1.29, 1.82) is 0 Å². The van der Waals surface area contributed by atoms with Crippen LogP contribution in [0.5, 0.6) is 0 Å². The summed E-state index contributed by atoms with van der Waals surface area (Å²) in [5.41, 5.74) is 2.59. The van der Waals surface area contributed by atoms with Crippen molar-refractivity contribution in [3.8, 4) is 0 Å². The molecule has 1 aromatic heterocycles. The van der Waals surface area contributed by atoms with Gasteiger partial charge in [0, 0.05) is 29.0 Å². The highest BCUT2D eigenvalue weighted by Gasteiger charge is 2.14. The molecule has 4 rings (SSSR count). The van der Waals surface area contributed by atoms with Gasteiger partial charge in [-0.05, 0) is 35.9 Å². The molecule has 1 heterocycles. The first-order valence-corrected chi connectivity index (χ1v) is 10.9. The average molecular weight is 455 g/mol. The van der Waals surface area contributed by atoms with Crippen molar-refractivity contribution in [2.75, 3.05) is 0 Å². The van der Waals surface area contributed by atoms with Crippen molar-refractivity contribution in [3.05, 3.63) is 104 Å². The summed E-state index contributed by atoms with van der Waals surface area (Å²) < 4.78 is 1.56. The number of carbonyl (C=O) groups is 1. The van der Waals surface area contributed by atoms with Gasteiger partial charge in [-0.3, -0.25) is 14.2 Å². The van der Waals surface area contributed by atoms with Gasteiger partial charge in [0.15, 0.2) is 10.9 Å². The van der Waals surface area contributed by atoms with Crippen LogP contribution in [0.3, 0.4) is 0 Å². The van der Waals surface area contributed by atoms with E-state index in [1.807, 2.05) is 30.3 Å². The van der Waals surface area contributed by atoms with Crippen LogP contribution in [0.2, 0.25) is 10.0 Å². The van der Waals surface area contributed by atoms with E-state index in [1.165, 1.54) is 11.8 Å². The van der Waals surface area contributed by atoms with E-state index >= 15 is 0 Å². The molecule has 7 heteroatoms. The van der Waals surface area contributed by atoms with Crippen LogP contribution in [-0.4, -0.2) is 15.3 Å². The van der Waals surface area contributed by atoms with E-state index in [-0.39, 0.29) is 11.3 Å². The summed E-state index contributed by atoms with van der Waals surface area (Å²) in [6.07, 6.45) is 0. The molecular formula is C23H16Cl2N2O2S. The Kier molecular flexibility index (Phi) is 5.95. The SMILES string of the molecule is Cn1c(SCc2ccc(C(=O)c3ccc(Cl)cc3Cl)cc2)nc2ccccc2c1=O. The minimum absolute atomic E-state index is 0.0658. The molecule has 4 nitrogen and oxygen atoms in total. The van der Waals surface area contributed by atoms with Crippen LogP contribution >= 0.6 is 35.0 Å². The zero-order valence-corrected chi connectivity index (χ0v) is 18.3. The topological polar surface area (TPSA) is 52.0 Å². The lowest BCUT2D eigenvalue weighted by Gasteiger charge is -2.09. The third kappa shape index (κ3) is 4.15. The highest BCUT2D eigenvalue weighted by molar-refractivity contribution is 7.98. The first kappa shape index (κ1) is 20.7. The predicted octanol–water partition coefficient (Wildman–Crippen LogP) is 5.76. The standard InChI is InChI=1S/C23H16Cl2N2O2S/c1-27-22(29)18-4-2-3-5-20(18)26-23(27)30-13-14-6-8-15(9-7-14)21(28)17-11-10-16(24)12-19(17)25/h2-12H,13H2,1H3. The number of nitrogens with zero attached hydrogens (tertiary/aromatic N) is 2. The molecule has 0 atom stereocenters. The molecule has 0 aliphatic heterocycles. The normalized spacial score (nSPS) is 11.0. The lowest BCUT2D eigenvalue weighted by atomic mass is 10.0. The molecule has 0 unspecified atom stereocenters. The summed E-state index contributed by atoms with van der Waals surface area (Å²) in [6, 6.07) is 19.5. The Morgan fingerprint density at radius 3 is 2.50 bits per heavy atom. The maximum atomic E-state index is 12.7. The van der Waals surface area contributed by atoms with Gasteiger partial charge in [-0.25, -0.2) is 4.98 Å². The Balaban J connectivity index is 1.52. The highest BCUT2D eigenvalue weighted by atomic mass is 35.5. The average Bonchev–Trinajstić information content (AvgIpc) is 2.75. The third-order valence-corrected chi connectivity index (χ3v) is 6.35. The first-order chi connectivity index (χ1) is 14.4. The molecule has 0 aliphatic carbocycles. The molecule has 0 saturated carbocycles. The summed E-state index contributed by atoms with van der Waals surface area (Å²) >= 11 is 13.5. The molecule has 0 radical (unpaired) electrons. The second-order valence-electron chi connectivity index (χ2n) is 6.71. The number of ketones is 1. The van der Waals surface area contributed by atoms with Crippen molar-refractivity contribution >= 4 is 51.6 Å². The Labute approximate surface area is 187 Å². The number of aromatic nitrogens is 2. The van der Waals surface area contributed by atoms with Gasteiger partial charge in [0.1, 0.15) is 0 Å². The Hall–Kier alpha value is -2.60. The molecule has 4 aromatic rings. The molecule has 0 spiro atoms. The van der Waals surface area contributed by atoms with Crippen molar-refractivity contribution in [1.82, 2.24) is 9.55 Å². The summed E-state index contributed by atoms with van der Waals surface area (Å²) in [5.74, 6) is 0.462. The van der Waals surface area contributed by atoms with Crippen LogP contribution < -0.4 is 5.56 Å². The largest absolute Gasteiger partial charge is 0.290 e. The van der Waals surface area contributed by atoms with Gasteiger partial charge in [0.25, 0.3) is 5.56 Å². The van der Waals surface area contributed by atoms with Gasteiger partial charge < -0.3 is 0 Å². The van der Waals surface area contributed by atoms with Gasteiger partial charge >= 0.3 is 0 Å².